The number of rotatable bonds is 0. The van der Waals surface area contributed by atoms with Crippen molar-refractivity contribution in [3.63, 3.8) is 0 Å². The van der Waals surface area contributed by atoms with Crippen LogP contribution in [0.3, 0.4) is 0 Å². The van der Waals surface area contributed by atoms with Crippen LogP contribution in [-0.2, 0) is 0 Å². The maximum Gasteiger partial charge on any atom is 0.442 e. The van der Waals surface area contributed by atoms with Crippen molar-refractivity contribution in [2.75, 3.05) is 0 Å². The summed E-state index contributed by atoms with van der Waals surface area (Å²) in [5, 5.41) is 10.7. The molecule has 1 heterocycles. The Labute approximate surface area is 84.7 Å². The Hall–Kier alpha value is -0.140. The molecule has 0 spiro atoms. The first-order valence-electron chi connectivity index (χ1n) is 2.68. The first-order valence-corrected chi connectivity index (χ1v) is 3.82. The number of halogens is 6. The van der Waals surface area contributed by atoms with E-state index in [-0.39, 0.29) is 0 Å². The summed E-state index contributed by atoms with van der Waals surface area (Å²) >= 11 is 15.3. The fraction of sp³-hybridized carbons (Fsp3) is 1.00. The SMILES string of the molecule is FC(F)(F)C1(C(Cl)(Cl)Cl)N=NN=N1. The Morgan fingerprint density at radius 2 is 1.31 bits per heavy atom. The molecule has 0 N–H and O–H groups in total. The summed E-state index contributed by atoms with van der Waals surface area (Å²) in [4.78, 5) is 0. The minimum atomic E-state index is -4.96. The van der Waals surface area contributed by atoms with Crippen LogP contribution in [0.4, 0.5) is 13.2 Å². The molecule has 0 radical (unpaired) electrons. The van der Waals surface area contributed by atoms with E-state index < -0.39 is 15.6 Å². The maximum atomic E-state index is 12.4. The van der Waals surface area contributed by atoms with Crippen LogP contribution in [-0.4, -0.2) is 15.6 Å². The Balaban J connectivity index is 3.19. The lowest BCUT2D eigenvalue weighted by Gasteiger charge is -2.28. The molecule has 13 heavy (non-hydrogen) atoms. The van der Waals surface area contributed by atoms with Crippen molar-refractivity contribution in [3.8, 4) is 0 Å². The average Bonchev–Trinajstić information content (AvgIpc) is 2.28. The van der Waals surface area contributed by atoms with E-state index in [4.69, 9.17) is 34.8 Å². The third-order valence-electron chi connectivity index (χ3n) is 1.21. The van der Waals surface area contributed by atoms with Gasteiger partial charge < -0.3 is 0 Å². The van der Waals surface area contributed by atoms with E-state index in [1.807, 2.05) is 0 Å². The fourth-order valence-corrected chi connectivity index (χ4v) is 1.13. The molecular weight excluding hydrogens is 255 g/mol. The molecule has 0 saturated carbocycles. The largest absolute Gasteiger partial charge is 0.442 e. The quantitative estimate of drug-likeness (QED) is 0.595. The van der Waals surface area contributed by atoms with Crippen LogP contribution >= 0.6 is 34.8 Å². The van der Waals surface area contributed by atoms with E-state index in [9.17, 15) is 13.2 Å². The Bertz CT molecular complexity index is 238. The summed E-state index contributed by atoms with van der Waals surface area (Å²) in [6, 6.07) is 0. The second-order valence-corrected chi connectivity index (χ2v) is 4.33. The maximum absolute atomic E-state index is 12.4. The van der Waals surface area contributed by atoms with Crippen molar-refractivity contribution < 1.29 is 13.2 Å². The second-order valence-electron chi connectivity index (χ2n) is 2.05. The Morgan fingerprint density at radius 3 is 1.46 bits per heavy atom. The molecule has 0 aromatic rings. The minimum absolute atomic E-state index is 2.68. The molecule has 0 fully saturated rings. The predicted molar refractivity (Wildman–Crippen MR) is 38.8 cm³/mol. The third kappa shape index (κ3) is 1.60. The van der Waals surface area contributed by atoms with Crippen molar-refractivity contribution in [1.29, 1.82) is 0 Å². The molecular formula is C3Cl3F3N4. The summed E-state index contributed by atoms with van der Waals surface area (Å²) in [6.07, 6.45) is -4.96. The molecule has 1 aliphatic rings. The first kappa shape index (κ1) is 10.9. The third-order valence-corrected chi connectivity index (χ3v) is 2.00. The highest BCUT2D eigenvalue weighted by atomic mass is 35.6. The summed E-state index contributed by atoms with van der Waals surface area (Å²) in [5.74, 6) is 0. The van der Waals surface area contributed by atoms with Gasteiger partial charge >= 0.3 is 11.8 Å². The van der Waals surface area contributed by atoms with Gasteiger partial charge in [0.25, 0.3) is 0 Å². The van der Waals surface area contributed by atoms with Gasteiger partial charge in [-0.2, -0.15) is 13.2 Å². The number of hydrogen-bond donors (Lipinski definition) is 0. The lowest BCUT2D eigenvalue weighted by molar-refractivity contribution is -0.182. The van der Waals surface area contributed by atoms with E-state index in [0.717, 1.165) is 0 Å². The zero-order valence-corrected chi connectivity index (χ0v) is 7.82. The predicted octanol–water partition coefficient (Wildman–Crippen LogP) is 3.45. The van der Waals surface area contributed by atoms with Gasteiger partial charge in [-0.25, -0.2) is 0 Å². The average molecular weight is 255 g/mol. The zero-order chi connectivity index (χ0) is 10.3. The van der Waals surface area contributed by atoms with Crippen LogP contribution in [0.5, 0.6) is 0 Å². The van der Waals surface area contributed by atoms with Gasteiger partial charge in [0, 0.05) is 0 Å². The van der Waals surface area contributed by atoms with Gasteiger partial charge in [-0.05, 0) is 10.4 Å². The van der Waals surface area contributed by atoms with Gasteiger partial charge in [-0.15, -0.1) is 10.2 Å². The minimum Gasteiger partial charge on any atom is -0.166 e. The van der Waals surface area contributed by atoms with Gasteiger partial charge in [-0.1, -0.05) is 34.8 Å². The van der Waals surface area contributed by atoms with Crippen LogP contribution in [0.25, 0.3) is 0 Å². The van der Waals surface area contributed by atoms with E-state index >= 15 is 0 Å². The smallest absolute Gasteiger partial charge is 0.166 e. The standard InChI is InChI=1S/C3Cl3F3N4/c4-2(5,6)1(3(7,8)9)10-12-13-11-1. The van der Waals surface area contributed by atoms with Gasteiger partial charge in [0.05, 0.1) is 0 Å². The molecule has 1 rings (SSSR count). The van der Waals surface area contributed by atoms with Gasteiger partial charge in [0.15, 0.2) is 0 Å². The van der Waals surface area contributed by atoms with Crippen molar-refractivity contribution in [2.24, 2.45) is 20.7 Å². The van der Waals surface area contributed by atoms with Crippen LogP contribution in [0.2, 0.25) is 0 Å². The van der Waals surface area contributed by atoms with Crippen molar-refractivity contribution in [3.05, 3.63) is 0 Å². The Kier molecular flexibility index (Phi) is 2.46. The summed E-state index contributed by atoms with van der Waals surface area (Å²) in [5.41, 5.74) is -3.22. The highest BCUT2D eigenvalue weighted by Gasteiger charge is 2.70. The van der Waals surface area contributed by atoms with E-state index in [1.165, 1.54) is 0 Å². The van der Waals surface area contributed by atoms with Gasteiger partial charge in [0.1, 0.15) is 0 Å². The van der Waals surface area contributed by atoms with Crippen LogP contribution in [0.15, 0.2) is 20.7 Å². The summed E-state index contributed by atoms with van der Waals surface area (Å²) in [7, 11) is 0. The lowest BCUT2D eigenvalue weighted by atomic mass is 10.2. The molecule has 74 valence electrons. The van der Waals surface area contributed by atoms with E-state index in [0.29, 0.717) is 0 Å². The van der Waals surface area contributed by atoms with Crippen molar-refractivity contribution >= 4 is 34.8 Å². The van der Waals surface area contributed by atoms with Crippen LogP contribution < -0.4 is 0 Å². The molecule has 0 saturated heterocycles. The van der Waals surface area contributed by atoms with Gasteiger partial charge in [0.2, 0.25) is 3.79 Å². The molecule has 4 nitrogen and oxygen atoms in total. The normalized spacial score (nSPS) is 21.1. The molecule has 0 aromatic carbocycles. The molecule has 0 aliphatic carbocycles. The van der Waals surface area contributed by atoms with E-state index in [2.05, 4.69) is 20.7 Å². The highest BCUT2D eigenvalue weighted by Crippen LogP contribution is 2.52. The molecule has 0 bridgehead atoms. The lowest BCUT2D eigenvalue weighted by Crippen LogP contribution is -2.50. The monoisotopic (exact) mass is 254 g/mol. The Morgan fingerprint density at radius 1 is 0.923 bits per heavy atom. The second kappa shape index (κ2) is 2.93. The molecule has 0 unspecified atom stereocenters. The summed E-state index contributed by atoms with van der Waals surface area (Å²) < 4.78 is 34.3. The van der Waals surface area contributed by atoms with E-state index in [1.54, 1.807) is 0 Å². The molecule has 0 atom stereocenters. The topological polar surface area (TPSA) is 49.4 Å². The number of alkyl halides is 6. The molecule has 0 amide bonds. The fourth-order valence-electron chi connectivity index (χ4n) is 0.577. The van der Waals surface area contributed by atoms with Crippen molar-refractivity contribution in [1.82, 2.24) is 0 Å². The number of nitrogens with zero attached hydrogens (tertiary/aromatic N) is 4. The first-order chi connectivity index (χ1) is 5.71. The summed E-state index contributed by atoms with van der Waals surface area (Å²) in [6.45, 7) is 0. The highest BCUT2D eigenvalue weighted by molar-refractivity contribution is 6.68. The van der Waals surface area contributed by atoms with Crippen molar-refractivity contribution in [2.45, 2.75) is 15.6 Å². The molecule has 1 aliphatic heterocycles. The van der Waals surface area contributed by atoms with Gasteiger partial charge in [-0.3, -0.25) is 0 Å². The zero-order valence-electron chi connectivity index (χ0n) is 5.56. The molecule has 10 heteroatoms. The number of hydrogen-bond acceptors (Lipinski definition) is 4. The van der Waals surface area contributed by atoms with Crippen LogP contribution in [0.1, 0.15) is 0 Å². The van der Waals surface area contributed by atoms with Crippen LogP contribution in [0, 0.1) is 0 Å². The molecule has 0 aromatic heterocycles.